The summed E-state index contributed by atoms with van der Waals surface area (Å²) in [5.74, 6) is 0.0920. The Balaban J connectivity index is 0.00000161. The predicted octanol–water partition coefficient (Wildman–Crippen LogP) is 1.12. The lowest BCUT2D eigenvalue weighted by molar-refractivity contribution is 0.0656. The van der Waals surface area contributed by atoms with Crippen molar-refractivity contribution in [2.24, 2.45) is 0 Å². The number of amides is 1. The van der Waals surface area contributed by atoms with Crippen molar-refractivity contribution in [3.63, 3.8) is 0 Å². The highest BCUT2D eigenvalue weighted by Crippen LogP contribution is 2.13. The maximum absolute atomic E-state index is 12.5. The minimum atomic E-state index is 0. The monoisotopic (exact) mass is 307 g/mol. The molecule has 112 valence electrons. The number of piperazine rings is 1. The topological polar surface area (TPSA) is 63.1 Å². The smallest absolute Gasteiger partial charge is 0.254 e. The molecule has 0 aliphatic carbocycles. The summed E-state index contributed by atoms with van der Waals surface area (Å²) in [5.41, 5.74) is 1.66. The Morgan fingerprint density at radius 1 is 1.24 bits per heavy atom. The molecule has 2 heterocycles. The van der Waals surface area contributed by atoms with Crippen LogP contribution in [0.2, 0.25) is 0 Å². The van der Waals surface area contributed by atoms with Gasteiger partial charge in [0.05, 0.1) is 0 Å². The Hall–Kier alpha value is -1.92. The van der Waals surface area contributed by atoms with Gasteiger partial charge in [0.25, 0.3) is 5.91 Å². The third kappa shape index (κ3) is 3.22. The van der Waals surface area contributed by atoms with Crippen LogP contribution in [0, 0.1) is 0 Å². The van der Waals surface area contributed by atoms with Crippen LogP contribution in [0.15, 0.2) is 36.9 Å². The molecule has 0 radical (unpaired) electrons. The standard InChI is InChI=1S/C14H17N5O.ClH/c1-11-8-15-6-7-19(11)14(20)12-2-4-13(5-3-12)18-9-16-17-10-18;/h2-5,9-11,15H,6-8H2,1H3;1H/t11-;/m0./s1. The molecule has 0 bridgehead atoms. The van der Waals surface area contributed by atoms with Gasteiger partial charge in [-0.15, -0.1) is 22.6 Å². The Morgan fingerprint density at radius 3 is 2.52 bits per heavy atom. The fraction of sp³-hybridized carbons (Fsp3) is 0.357. The lowest BCUT2D eigenvalue weighted by atomic mass is 10.1. The van der Waals surface area contributed by atoms with Gasteiger partial charge < -0.3 is 10.2 Å². The quantitative estimate of drug-likeness (QED) is 0.903. The highest BCUT2D eigenvalue weighted by atomic mass is 35.5. The molecule has 1 N–H and O–H groups in total. The average Bonchev–Trinajstić information content (AvgIpc) is 3.01. The molecule has 21 heavy (non-hydrogen) atoms. The third-order valence-corrected chi connectivity index (χ3v) is 3.59. The SMILES string of the molecule is C[C@H]1CNCCN1C(=O)c1ccc(-n2cnnc2)cc1.Cl. The number of hydrogen-bond donors (Lipinski definition) is 1. The van der Waals surface area contributed by atoms with E-state index in [2.05, 4.69) is 22.4 Å². The maximum Gasteiger partial charge on any atom is 0.254 e. The first-order valence-corrected chi connectivity index (χ1v) is 6.72. The first-order valence-electron chi connectivity index (χ1n) is 6.72. The minimum absolute atomic E-state index is 0. The molecule has 1 aliphatic rings. The zero-order valence-electron chi connectivity index (χ0n) is 11.8. The van der Waals surface area contributed by atoms with Gasteiger partial charge >= 0.3 is 0 Å². The maximum atomic E-state index is 12.5. The van der Waals surface area contributed by atoms with E-state index in [9.17, 15) is 4.79 Å². The number of nitrogens with one attached hydrogen (secondary N) is 1. The normalized spacial score (nSPS) is 18.1. The Labute approximate surface area is 129 Å². The molecule has 3 rings (SSSR count). The zero-order valence-corrected chi connectivity index (χ0v) is 12.6. The molecule has 1 atom stereocenters. The largest absolute Gasteiger partial charge is 0.333 e. The van der Waals surface area contributed by atoms with Crippen LogP contribution >= 0.6 is 12.4 Å². The summed E-state index contributed by atoms with van der Waals surface area (Å²) in [6, 6.07) is 7.75. The molecule has 7 heteroatoms. The molecule has 1 aromatic heterocycles. The molecule has 1 saturated heterocycles. The van der Waals surface area contributed by atoms with Crippen LogP contribution in [0.5, 0.6) is 0 Å². The number of halogens is 1. The van der Waals surface area contributed by atoms with Gasteiger partial charge in [-0.3, -0.25) is 9.36 Å². The Bertz CT molecular complexity index is 584. The van der Waals surface area contributed by atoms with E-state index in [0.29, 0.717) is 0 Å². The van der Waals surface area contributed by atoms with Crippen molar-refractivity contribution in [2.45, 2.75) is 13.0 Å². The van der Waals surface area contributed by atoms with Crippen LogP contribution in [-0.2, 0) is 0 Å². The molecule has 6 nitrogen and oxygen atoms in total. The molecule has 1 aliphatic heterocycles. The van der Waals surface area contributed by atoms with Crippen LogP contribution in [-0.4, -0.2) is 51.2 Å². The minimum Gasteiger partial charge on any atom is -0.333 e. The van der Waals surface area contributed by atoms with Crippen molar-refractivity contribution in [1.82, 2.24) is 25.0 Å². The van der Waals surface area contributed by atoms with E-state index < -0.39 is 0 Å². The second kappa shape index (κ2) is 6.69. The molecule has 1 amide bonds. The van der Waals surface area contributed by atoms with Gasteiger partial charge in [-0.1, -0.05) is 0 Å². The van der Waals surface area contributed by atoms with Gasteiger partial charge in [0.2, 0.25) is 0 Å². The average molecular weight is 308 g/mol. The number of nitrogens with zero attached hydrogens (tertiary/aromatic N) is 4. The number of rotatable bonds is 2. The van der Waals surface area contributed by atoms with Crippen molar-refractivity contribution < 1.29 is 4.79 Å². The van der Waals surface area contributed by atoms with Gasteiger partial charge in [0, 0.05) is 36.9 Å². The fourth-order valence-electron chi connectivity index (χ4n) is 2.42. The lowest BCUT2D eigenvalue weighted by Crippen LogP contribution is -2.52. The zero-order chi connectivity index (χ0) is 13.9. The van der Waals surface area contributed by atoms with Crippen LogP contribution in [0.1, 0.15) is 17.3 Å². The third-order valence-electron chi connectivity index (χ3n) is 3.59. The van der Waals surface area contributed by atoms with Crippen LogP contribution in [0.3, 0.4) is 0 Å². The van der Waals surface area contributed by atoms with Gasteiger partial charge in [-0.05, 0) is 31.2 Å². The van der Waals surface area contributed by atoms with Crippen molar-refractivity contribution in [3.8, 4) is 5.69 Å². The van der Waals surface area contributed by atoms with Crippen LogP contribution in [0.4, 0.5) is 0 Å². The van der Waals surface area contributed by atoms with Crippen LogP contribution in [0.25, 0.3) is 5.69 Å². The summed E-state index contributed by atoms with van der Waals surface area (Å²) < 4.78 is 1.81. The van der Waals surface area contributed by atoms with Gasteiger partial charge in [0.15, 0.2) is 0 Å². The van der Waals surface area contributed by atoms with E-state index in [4.69, 9.17) is 0 Å². The van der Waals surface area contributed by atoms with Crippen molar-refractivity contribution in [1.29, 1.82) is 0 Å². The fourth-order valence-corrected chi connectivity index (χ4v) is 2.42. The van der Waals surface area contributed by atoms with E-state index in [1.807, 2.05) is 33.7 Å². The number of aromatic nitrogens is 3. The number of carbonyl (C=O) groups is 1. The highest BCUT2D eigenvalue weighted by molar-refractivity contribution is 5.94. The second-order valence-corrected chi connectivity index (χ2v) is 4.97. The molecule has 0 saturated carbocycles. The summed E-state index contributed by atoms with van der Waals surface area (Å²) in [7, 11) is 0. The molecular weight excluding hydrogens is 290 g/mol. The van der Waals surface area contributed by atoms with Gasteiger partial charge in [-0.2, -0.15) is 0 Å². The number of hydrogen-bond acceptors (Lipinski definition) is 4. The van der Waals surface area contributed by atoms with Gasteiger partial charge in [-0.25, -0.2) is 0 Å². The first-order chi connectivity index (χ1) is 9.75. The predicted molar refractivity (Wildman–Crippen MR) is 82.0 cm³/mol. The van der Waals surface area contributed by atoms with E-state index in [1.165, 1.54) is 0 Å². The summed E-state index contributed by atoms with van der Waals surface area (Å²) in [6.07, 6.45) is 3.27. The highest BCUT2D eigenvalue weighted by Gasteiger charge is 2.23. The van der Waals surface area contributed by atoms with Crippen molar-refractivity contribution in [3.05, 3.63) is 42.5 Å². The first kappa shape index (κ1) is 15.5. The molecule has 2 aromatic rings. The molecule has 1 aromatic carbocycles. The molecule has 0 spiro atoms. The summed E-state index contributed by atoms with van der Waals surface area (Å²) in [4.78, 5) is 14.4. The van der Waals surface area contributed by atoms with E-state index in [1.54, 1.807) is 12.7 Å². The Kier molecular flexibility index (Phi) is 4.93. The summed E-state index contributed by atoms with van der Waals surface area (Å²) >= 11 is 0. The summed E-state index contributed by atoms with van der Waals surface area (Å²) in [6.45, 7) is 4.53. The number of benzene rings is 1. The van der Waals surface area contributed by atoms with E-state index in [-0.39, 0.29) is 24.4 Å². The van der Waals surface area contributed by atoms with Crippen molar-refractivity contribution >= 4 is 18.3 Å². The van der Waals surface area contributed by atoms with Crippen molar-refractivity contribution in [2.75, 3.05) is 19.6 Å². The second-order valence-electron chi connectivity index (χ2n) is 4.97. The van der Waals surface area contributed by atoms with E-state index in [0.717, 1.165) is 30.9 Å². The molecule has 0 unspecified atom stereocenters. The van der Waals surface area contributed by atoms with E-state index >= 15 is 0 Å². The Morgan fingerprint density at radius 2 is 1.90 bits per heavy atom. The molecule has 1 fully saturated rings. The lowest BCUT2D eigenvalue weighted by Gasteiger charge is -2.34. The molecular formula is C14H18ClN5O. The summed E-state index contributed by atoms with van der Waals surface area (Å²) in [5, 5.41) is 10.8. The number of carbonyl (C=O) groups excluding carboxylic acids is 1. The van der Waals surface area contributed by atoms with Gasteiger partial charge in [0.1, 0.15) is 12.7 Å². The van der Waals surface area contributed by atoms with Crippen LogP contribution < -0.4 is 5.32 Å².